The number of nitrogens with zero attached hydrogens (tertiary/aromatic N) is 4. The average molecular weight is 497 g/mol. The maximum atomic E-state index is 13.4. The van der Waals surface area contributed by atoms with E-state index in [-0.39, 0.29) is 45.0 Å². The fraction of sp³-hybridized carbons (Fsp3) is 0.381. The van der Waals surface area contributed by atoms with Gasteiger partial charge >= 0.3 is 12.1 Å². The first-order chi connectivity index (χ1) is 15.8. The molecule has 0 aliphatic rings. The standard InChI is InChI=1S/C21H22F3N5O4S/c1-6-7-33-20(32)15-11(3)16(19(31)28(4)5)34-18(15)26-17(30)12-9-14-25-10(2)8-13(21(22,23)24)29(14)27-12/h8-9H,6-7H2,1-5H3,(H,26,30). The van der Waals surface area contributed by atoms with Gasteiger partial charge in [-0.25, -0.2) is 14.3 Å². The molecule has 0 aliphatic heterocycles. The van der Waals surface area contributed by atoms with Crippen molar-refractivity contribution in [3.05, 3.63) is 45.2 Å². The molecule has 0 unspecified atom stereocenters. The molecule has 3 aromatic rings. The molecule has 1 N–H and O–H groups in total. The first kappa shape index (κ1) is 25.1. The van der Waals surface area contributed by atoms with Gasteiger partial charge in [-0.15, -0.1) is 11.3 Å². The largest absolute Gasteiger partial charge is 0.462 e. The van der Waals surface area contributed by atoms with E-state index in [2.05, 4.69) is 15.4 Å². The number of carbonyl (C=O) groups is 3. The number of esters is 1. The number of carbonyl (C=O) groups excluding carboxylic acids is 3. The van der Waals surface area contributed by atoms with E-state index in [0.29, 0.717) is 16.5 Å². The summed E-state index contributed by atoms with van der Waals surface area (Å²) in [6.45, 7) is 4.90. The zero-order chi connectivity index (χ0) is 25.4. The Bertz CT molecular complexity index is 1280. The smallest absolute Gasteiger partial charge is 0.433 e. The molecule has 182 valence electrons. The molecule has 0 bridgehead atoms. The highest BCUT2D eigenvalue weighted by Crippen LogP contribution is 2.35. The van der Waals surface area contributed by atoms with Crippen LogP contribution in [-0.4, -0.2) is 58.0 Å². The lowest BCUT2D eigenvalue weighted by atomic mass is 10.1. The highest BCUT2D eigenvalue weighted by molar-refractivity contribution is 7.18. The molecule has 3 heterocycles. The summed E-state index contributed by atoms with van der Waals surface area (Å²) in [6, 6.07) is 1.93. The third-order valence-electron chi connectivity index (χ3n) is 4.69. The van der Waals surface area contributed by atoms with E-state index in [0.717, 1.165) is 23.5 Å². The van der Waals surface area contributed by atoms with Crippen LogP contribution in [0.25, 0.3) is 5.65 Å². The number of thiophene rings is 1. The Morgan fingerprint density at radius 1 is 1.21 bits per heavy atom. The van der Waals surface area contributed by atoms with Crippen LogP contribution in [-0.2, 0) is 10.9 Å². The van der Waals surface area contributed by atoms with Crippen LogP contribution >= 0.6 is 11.3 Å². The minimum atomic E-state index is -4.71. The number of halogens is 3. The molecule has 3 rings (SSSR count). The van der Waals surface area contributed by atoms with Crippen molar-refractivity contribution in [2.45, 2.75) is 33.4 Å². The predicted octanol–water partition coefficient (Wildman–Crippen LogP) is 3.95. The maximum Gasteiger partial charge on any atom is 0.433 e. The van der Waals surface area contributed by atoms with Gasteiger partial charge < -0.3 is 15.0 Å². The quantitative estimate of drug-likeness (QED) is 0.517. The van der Waals surface area contributed by atoms with Crippen molar-refractivity contribution >= 4 is 39.8 Å². The van der Waals surface area contributed by atoms with Gasteiger partial charge in [0.15, 0.2) is 11.3 Å². The third kappa shape index (κ3) is 4.88. The summed E-state index contributed by atoms with van der Waals surface area (Å²) < 4.78 is 46.0. The van der Waals surface area contributed by atoms with Crippen molar-refractivity contribution in [1.29, 1.82) is 0 Å². The zero-order valence-electron chi connectivity index (χ0n) is 19.0. The molecule has 0 aromatic carbocycles. The predicted molar refractivity (Wildman–Crippen MR) is 118 cm³/mol. The molecule has 3 aromatic heterocycles. The highest BCUT2D eigenvalue weighted by atomic mass is 32.1. The molecule has 0 saturated heterocycles. The summed E-state index contributed by atoms with van der Waals surface area (Å²) >= 11 is 0.870. The molecule has 9 nitrogen and oxygen atoms in total. The Balaban J connectivity index is 2.04. The third-order valence-corrected chi connectivity index (χ3v) is 5.89. The van der Waals surface area contributed by atoms with E-state index >= 15 is 0 Å². The summed E-state index contributed by atoms with van der Waals surface area (Å²) in [6.07, 6.45) is -4.15. The molecule has 0 fully saturated rings. The van der Waals surface area contributed by atoms with Crippen LogP contribution in [0, 0.1) is 13.8 Å². The fourth-order valence-electron chi connectivity index (χ4n) is 3.10. The number of hydrogen-bond donors (Lipinski definition) is 1. The molecule has 0 saturated carbocycles. The number of nitrogens with one attached hydrogen (secondary N) is 1. The lowest BCUT2D eigenvalue weighted by molar-refractivity contribution is -0.142. The van der Waals surface area contributed by atoms with E-state index in [1.165, 1.54) is 11.8 Å². The van der Waals surface area contributed by atoms with Gasteiger partial charge in [0.05, 0.1) is 17.0 Å². The Morgan fingerprint density at radius 3 is 2.47 bits per heavy atom. The van der Waals surface area contributed by atoms with Crippen molar-refractivity contribution in [3.8, 4) is 0 Å². The summed E-state index contributed by atoms with van der Waals surface area (Å²) in [7, 11) is 3.08. The Hall–Kier alpha value is -3.48. The van der Waals surface area contributed by atoms with Gasteiger partial charge in [0.25, 0.3) is 11.8 Å². The average Bonchev–Trinajstić information content (AvgIpc) is 3.31. The van der Waals surface area contributed by atoms with Crippen molar-refractivity contribution in [2.75, 3.05) is 26.0 Å². The zero-order valence-corrected chi connectivity index (χ0v) is 19.8. The van der Waals surface area contributed by atoms with E-state index in [1.807, 2.05) is 6.92 Å². The number of aromatic nitrogens is 3. The lowest BCUT2D eigenvalue weighted by Crippen LogP contribution is -2.21. The van der Waals surface area contributed by atoms with Crippen LogP contribution in [0.3, 0.4) is 0 Å². The number of anilines is 1. The van der Waals surface area contributed by atoms with E-state index in [9.17, 15) is 27.6 Å². The van der Waals surface area contributed by atoms with Crippen molar-refractivity contribution in [3.63, 3.8) is 0 Å². The first-order valence-electron chi connectivity index (χ1n) is 10.1. The number of ether oxygens (including phenoxy) is 1. The second-order valence-corrected chi connectivity index (χ2v) is 8.65. The number of rotatable bonds is 6. The molecular formula is C21H22F3N5O4S. The van der Waals surface area contributed by atoms with Crippen LogP contribution < -0.4 is 5.32 Å². The minimum Gasteiger partial charge on any atom is -0.462 e. The Labute approximate surface area is 196 Å². The second kappa shape index (κ2) is 9.41. The van der Waals surface area contributed by atoms with Gasteiger partial charge in [0.1, 0.15) is 10.7 Å². The molecular weight excluding hydrogens is 475 g/mol. The number of aryl methyl sites for hydroxylation is 1. The molecule has 0 radical (unpaired) electrons. The Morgan fingerprint density at radius 2 is 1.88 bits per heavy atom. The fourth-order valence-corrected chi connectivity index (χ4v) is 4.31. The SMILES string of the molecule is CCCOC(=O)c1c(NC(=O)c2cc3nc(C)cc(C(F)(F)F)n3n2)sc(C(=O)N(C)C)c1C. The number of hydrogen-bond acceptors (Lipinski definition) is 7. The molecule has 0 spiro atoms. The van der Waals surface area contributed by atoms with Crippen molar-refractivity contribution < 1.29 is 32.3 Å². The van der Waals surface area contributed by atoms with Crippen molar-refractivity contribution in [1.82, 2.24) is 19.5 Å². The van der Waals surface area contributed by atoms with E-state index in [4.69, 9.17) is 4.74 Å². The van der Waals surface area contributed by atoms with Gasteiger partial charge in [-0.05, 0) is 31.9 Å². The maximum absolute atomic E-state index is 13.4. The number of fused-ring (bicyclic) bond motifs is 1. The topological polar surface area (TPSA) is 106 Å². The second-order valence-electron chi connectivity index (χ2n) is 7.63. The molecule has 13 heteroatoms. The minimum absolute atomic E-state index is 0.00529. The number of amides is 2. The van der Waals surface area contributed by atoms with Gasteiger partial charge in [-0.2, -0.15) is 18.3 Å². The monoisotopic (exact) mass is 497 g/mol. The van der Waals surface area contributed by atoms with Crippen LogP contribution in [0.2, 0.25) is 0 Å². The lowest BCUT2D eigenvalue weighted by Gasteiger charge is -2.09. The molecule has 0 atom stereocenters. The van der Waals surface area contributed by atoms with E-state index in [1.54, 1.807) is 21.0 Å². The van der Waals surface area contributed by atoms with Crippen LogP contribution in [0.5, 0.6) is 0 Å². The van der Waals surface area contributed by atoms with Gasteiger partial charge in [0.2, 0.25) is 0 Å². The van der Waals surface area contributed by atoms with Crippen LogP contribution in [0.4, 0.5) is 18.2 Å². The summed E-state index contributed by atoms with van der Waals surface area (Å²) in [5.41, 5.74) is -1.15. The van der Waals surface area contributed by atoms with Crippen LogP contribution in [0.1, 0.15) is 60.8 Å². The van der Waals surface area contributed by atoms with Crippen LogP contribution in [0.15, 0.2) is 12.1 Å². The summed E-state index contributed by atoms with van der Waals surface area (Å²) in [5, 5.41) is 6.30. The van der Waals surface area contributed by atoms with Gasteiger partial charge in [0, 0.05) is 25.9 Å². The Kier molecular flexibility index (Phi) is 6.96. The van der Waals surface area contributed by atoms with Gasteiger partial charge in [-0.1, -0.05) is 6.92 Å². The summed E-state index contributed by atoms with van der Waals surface area (Å²) in [4.78, 5) is 43.6. The van der Waals surface area contributed by atoms with Crippen molar-refractivity contribution in [2.24, 2.45) is 0 Å². The molecule has 2 amide bonds. The highest BCUT2D eigenvalue weighted by Gasteiger charge is 2.35. The van der Waals surface area contributed by atoms with E-state index < -0.39 is 23.7 Å². The number of alkyl halides is 3. The van der Waals surface area contributed by atoms with Gasteiger partial charge in [-0.3, -0.25) is 9.59 Å². The summed E-state index contributed by atoms with van der Waals surface area (Å²) in [5.74, 6) is -1.98. The normalized spacial score (nSPS) is 11.5. The first-order valence-corrected chi connectivity index (χ1v) is 10.9. The molecule has 0 aliphatic carbocycles. The molecule has 34 heavy (non-hydrogen) atoms.